The van der Waals surface area contributed by atoms with Crippen LogP contribution in [0, 0.1) is 11.2 Å². The third-order valence-electron chi connectivity index (χ3n) is 4.50. The third-order valence-corrected chi connectivity index (χ3v) is 6.35. The van der Waals surface area contributed by atoms with E-state index in [4.69, 9.17) is 4.74 Å². The molecule has 0 unspecified atom stereocenters. The molecule has 0 spiro atoms. The van der Waals surface area contributed by atoms with Crippen LogP contribution in [0.5, 0.6) is 0 Å². The number of thiophene rings is 1. The van der Waals surface area contributed by atoms with Gasteiger partial charge < -0.3 is 4.74 Å². The fourth-order valence-corrected chi connectivity index (χ4v) is 4.86. The lowest BCUT2D eigenvalue weighted by atomic mass is 9.92. The van der Waals surface area contributed by atoms with Crippen LogP contribution < -0.4 is 5.56 Å². The first-order valence-corrected chi connectivity index (χ1v) is 11.0. The molecule has 1 aromatic carbocycles. The van der Waals surface area contributed by atoms with Crippen LogP contribution in [0.25, 0.3) is 21.3 Å². The highest BCUT2D eigenvalue weighted by Gasteiger charge is 2.23. The van der Waals surface area contributed by atoms with E-state index in [-0.39, 0.29) is 22.9 Å². The summed E-state index contributed by atoms with van der Waals surface area (Å²) in [6.07, 6.45) is 0. The number of Topliss-reactive ketones (excluding diaryl/α,β-unsaturated/α-hetero) is 1. The summed E-state index contributed by atoms with van der Waals surface area (Å²) >= 11 is 2.64. The summed E-state index contributed by atoms with van der Waals surface area (Å²) in [6.45, 7) is 6.31. The van der Waals surface area contributed by atoms with Crippen molar-refractivity contribution in [2.24, 2.45) is 5.41 Å². The average Bonchev–Trinajstić information content (AvgIpc) is 3.09. The fraction of sp³-hybridized carbons (Fsp3) is 0.381. The van der Waals surface area contributed by atoms with E-state index in [9.17, 15) is 14.0 Å². The van der Waals surface area contributed by atoms with Gasteiger partial charge in [0.05, 0.1) is 24.3 Å². The zero-order chi connectivity index (χ0) is 21.2. The first-order valence-electron chi connectivity index (χ1n) is 9.15. The standard InChI is InChI=1S/C21H23FN2O3S2/c1-21(2,3)16(25)12-29-20-23-18-17(19(26)24(20)9-10-27-4)15(11-28-18)13-5-7-14(22)8-6-13/h5-8,11H,9-10,12H2,1-4H3. The summed E-state index contributed by atoms with van der Waals surface area (Å²) < 4.78 is 20.0. The summed E-state index contributed by atoms with van der Waals surface area (Å²) in [5, 5.41) is 2.87. The SMILES string of the molecule is COCCn1c(SCC(=O)C(C)(C)C)nc2scc(-c3ccc(F)cc3)c2c1=O. The van der Waals surface area contributed by atoms with Crippen molar-refractivity contribution in [2.45, 2.75) is 32.5 Å². The van der Waals surface area contributed by atoms with Gasteiger partial charge in [0.25, 0.3) is 5.56 Å². The van der Waals surface area contributed by atoms with Crippen LogP contribution in [-0.2, 0) is 16.1 Å². The molecule has 5 nitrogen and oxygen atoms in total. The number of thioether (sulfide) groups is 1. The van der Waals surface area contributed by atoms with Crippen molar-refractivity contribution in [3.05, 3.63) is 45.8 Å². The predicted molar refractivity (Wildman–Crippen MR) is 116 cm³/mol. The lowest BCUT2D eigenvalue weighted by Crippen LogP contribution is -2.26. The molecule has 3 aromatic rings. The molecule has 0 saturated heterocycles. The van der Waals surface area contributed by atoms with Crippen molar-refractivity contribution in [2.75, 3.05) is 19.5 Å². The highest BCUT2D eigenvalue weighted by molar-refractivity contribution is 7.99. The molecule has 0 radical (unpaired) electrons. The van der Waals surface area contributed by atoms with Gasteiger partial charge >= 0.3 is 0 Å². The van der Waals surface area contributed by atoms with E-state index >= 15 is 0 Å². The van der Waals surface area contributed by atoms with Crippen molar-refractivity contribution < 1.29 is 13.9 Å². The summed E-state index contributed by atoms with van der Waals surface area (Å²) in [4.78, 5) is 30.9. The van der Waals surface area contributed by atoms with Crippen LogP contribution in [0.3, 0.4) is 0 Å². The van der Waals surface area contributed by atoms with Crippen LogP contribution in [0.4, 0.5) is 4.39 Å². The zero-order valence-corrected chi connectivity index (χ0v) is 18.5. The Labute approximate surface area is 176 Å². The number of rotatable bonds is 7. The molecule has 8 heteroatoms. The second-order valence-electron chi connectivity index (χ2n) is 7.64. The Morgan fingerprint density at radius 1 is 1.28 bits per heavy atom. The van der Waals surface area contributed by atoms with Crippen molar-refractivity contribution in [3.8, 4) is 11.1 Å². The Morgan fingerprint density at radius 2 is 1.97 bits per heavy atom. The maximum Gasteiger partial charge on any atom is 0.263 e. The molecule has 0 amide bonds. The van der Waals surface area contributed by atoms with Crippen molar-refractivity contribution >= 4 is 39.1 Å². The molecule has 0 bridgehead atoms. The van der Waals surface area contributed by atoms with Crippen molar-refractivity contribution in [1.29, 1.82) is 0 Å². The number of methoxy groups -OCH3 is 1. The molecular formula is C21H23FN2O3S2. The van der Waals surface area contributed by atoms with E-state index in [0.29, 0.717) is 28.5 Å². The van der Waals surface area contributed by atoms with Gasteiger partial charge in [-0.3, -0.25) is 14.2 Å². The summed E-state index contributed by atoms with van der Waals surface area (Å²) in [6, 6.07) is 6.05. The fourth-order valence-electron chi connectivity index (χ4n) is 2.68. The normalized spacial score (nSPS) is 11.9. The Bertz CT molecular complexity index is 1080. The number of hydrogen-bond donors (Lipinski definition) is 0. The minimum Gasteiger partial charge on any atom is -0.383 e. The highest BCUT2D eigenvalue weighted by Crippen LogP contribution is 2.32. The lowest BCUT2D eigenvalue weighted by molar-refractivity contribution is -0.123. The first-order chi connectivity index (χ1) is 13.7. The molecule has 3 rings (SSSR count). The molecular weight excluding hydrogens is 411 g/mol. The molecule has 0 atom stereocenters. The number of benzene rings is 1. The van der Waals surface area contributed by atoms with Gasteiger partial charge in [-0.2, -0.15) is 0 Å². The second kappa shape index (κ2) is 8.77. The van der Waals surface area contributed by atoms with Gasteiger partial charge in [-0.05, 0) is 17.7 Å². The molecule has 2 aromatic heterocycles. The molecule has 2 heterocycles. The number of ketones is 1. The van der Waals surface area contributed by atoms with Gasteiger partial charge in [0.2, 0.25) is 0 Å². The van der Waals surface area contributed by atoms with E-state index in [2.05, 4.69) is 4.98 Å². The van der Waals surface area contributed by atoms with Crippen LogP contribution in [0.1, 0.15) is 20.8 Å². The van der Waals surface area contributed by atoms with Crippen LogP contribution in [0.15, 0.2) is 39.6 Å². The van der Waals surface area contributed by atoms with Crippen LogP contribution in [0.2, 0.25) is 0 Å². The lowest BCUT2D eigenvalue weighted by Gasteiger charge is -2.17. The molecule has 0 aliphatic rings. The molecule has 0 aliphatic carbocycles. The summed E-state index contributed by atoms with van der Waals surface area (Å²) in [5.74, 6) is 0.00406. The summed E-state index contributed by atoms with van der Waals surface area (Å²) in [5.41, 5.74) is 0.862. The average molecular weight is 435 g/mol. The highest BCUT2D eigenvalue weighted by atomic mass is 32.2. The van der Waals surface area contributed by atoms with Gasteiger partial charge in [-0.1, -0.05) is 44.7 Å². The Balaban J connectivity index is 2.07. The Hall–Kier alpha value is -2.03. The van der Waals surface area contributed by atoms with Gasteiger partial charge in [0, 0.05) is 23.5 Å². The quantitative estimate of drug-likeness (QED) is 0.401. The third kappa shape index (κ3) is 4.76. The van der Waals surface area contributed by atoms with E-state index in [1.165, 1.54) is 35.2 Å². The molecule has 29 heavy (non-hydrogen) atoms. The molecule has 0 aliphatic heterocycles. The predicted octanol–water partition coefficient (Wildman–Crippen LogP) is 4.62. The monoisotopic (exact) mass is 434 g/mol. The maximum atomic E-state index is 13.3. The van der Waals surface area contributed by atoms with E-state index < -0.39 is 5.41 Å². The minimum atomic E-state index is -0.451. The Kier molecular flexibility index (Phi) is 6.55. The smallest absolute Gasteiger partial charge is 0.263 e. The largest absolute Gasteiger partial charge is 0.383 e. The van der Waals surface area contributed by atoms with Crippen molar-refractivity contribution in [3.63, 3.8) is 0 Å². The van der Waals surface area contributed by atoms with Gasteiger partial charge in [-0.15, -0.1) is 11.3 Å². The van der Waals surface area contributed by atoms with Gasteiger partial charge in [-0.25, -0.2) is 9.37 Å². The number of fused-ring (bicyclic) bond motifs is 1. The summed E-state index contributed by atoms with van der Waals surface area (Å²) in [7, 11) is 1.57. The van der Waals surface area contributed by atoms with E-state index in [1.54, 1.807) is 23.8 Å². The van der Waals surface area contributed by atoms with E-state index in [1.807, 2.05) is 26.2 Å². The van der Waals surface area contributed by atoms with Gasteiger partial charge in [0.15, 0.2) is 5.16 Å². The molecule has 154 valence electrons. The molecule has 0 saturated carbocycles. The number of ether oxygens (including phenoxy) is 1. The first kappa shape index (κ1) is 21.7. The van der Waals surface area contributed by atoms with E-state index in [0.717, 1.165) is 11.1 Å². The number of halogens is 1. The van der Waals surface area contributed by atoms with Crippen LogP contribution in [-0.4, -0.2) is 34.8 Å². The second-order valence-corrected chi connectivity index (χ2v) is 9.44. The minimum absolute atomic E-state index is 0.0910. The van der Waals surface area contributed by atoms with Gasteiger partial charge in [0.1, 0.15) is 16.4 Å². The number of hydrogen-bond acceptors (Lipinski definition) is 6. The zero-order valence-electron chi connectivity index (χ0n) is 16.8. The molecule has 0 fully saturated rings. The van der Waals surface area contributed by atoms with Crippen LogP contribution >= 0.6 is 23.1 Å². The Morgan fingerprint density at radius 3 is 2.59 bits per heavy atom. The maximum absolute atomic E-state index is 13.3. The number of carbonyl (C=O) groups is 1. The number of nitrogens with zero attached hydrogens (tertiary/aromatic N) is 2. The number of aromatic nitrogens is 2. The van der Waals surface area contributed by atoms with Crippen molar-refractivity contribution in [1.82, 2.24) is 9.55 Å². The molecule has 0 N–H and O–H groups in total. The topological polar surface area (TPSA) is 61.2 Å². The number of carbonyl (C=O) groups excluding carboxylic acids is 1.